The molecule has 3 heteroatoms. The molecule has 0 bridgehead atoms. The summed E-state index contributed by atoms with van der Waals surface area (Å²) in [6.07, 6.45) is 6.87. The molecule has 1 N–H and O–H groups in total. The molecular formula is C12H16BrNS. The van der Waals surface area contributed by atoms with E-state index in [9.17, 15) is 0 Å². The normalized spacial score (nSPS) is 17.9. The van der Waals surface area contributed by atoms with Crippen LogP contribution in [0.15, 0.2) is 33.6 Å². The third kappa shape index (κ3) is 3.82. The van der Waals surface area contributed by atoms with Gasteiger partial charge in [0.25, 0.3) is 0 Å². The Labute approximate surface area is 104 Å². The number of halogens is 1. The summed E-state index contributed by atoms with van der Waals surface area (Å²) in [5, 5.41) is 0. The molecule has 2 rings (SSSR count). The van der Waals surface area contributed by atoms with E-state index in [4.69, 9.17) is 0 Å². The van der Waals surface area contributed by atoms with Crippen molar-refractivity contribution in [3.8, 4) is 0 Å². The molecule has 0 aromatic heterocycles. The maximum absolute atomic E-state index is 3.56. The highest BCUT2D eigenvalue weighted by Crippen LogP contribution is 2.23. The largest absolute Gasteiger partial charge is 0.257 e. The molecule has 1 saturated carbocycles. The zero-order valence-electron chi connectivity index (χ0n) is 8.71. The van der Waals surface area contributed by atoms with Crippen molar-refractivity contribution in [2.75, 3.05) is 0 Å². The van der Waals surface area contributed by atoms with Gasteiger partial charge >= 0.3 is 0 Å². The van der Waals surface area contributed by atoms with Crippen LogP contribution in [0.4, 0.5) is 0 Å². The molecule has 0 atom stereocenters. The Morgan fingerprint density at radius 1 is 1.07 bits per heavy atom. The Hall–Kier alpha value is 0.01000. The van der Waals surface area contributed by atoms with Crippen LogP contribution in [-0.4, -0.2) is 6.04 Å². The fraction of sp³-hybridized carbons (Fsp3) is 0.500. The summed E-state index contributed by atoms with van der Waals surface area (Å²) in [6, 6.07) is 9.18. The van der Waals surface area contributed by atoms with Crippen LogP contribution in [0.3, 0.4) is 0 Å². The second kappa shape index (κ2) is 5.92. The summed E-state index contributed by atoms with van der Waals surface area (Å²) in [5.41, 5.74) is 0. The lowest BCUT2D eigenvalue weighted by Crippen LogP contribution is -2.25. The average molecular weight is 286 g/mol. The first-order chi connectivity index (χ1) is 7.34. The minimum Gasteiger partial charge on any atom is -0.257 e. The van der Waals surface area contributed by atoms with Gasteiger partial charge in [-0.1, -0.05) is 35.2 Å². The molecule has 0 unspecified atom stereocenters. The SMILES string of the molecule is Brc1ccc(SNC2CCCCC2)cc1. The molecule has 0 spiro atoms. The molecule has 0 amide bonds. The van der Waals surface area contributed by atoms with Gasteiger partial charge in [-0.05, 0) is 49.1 Å². The van der Waals surface area contributed by atoms with Crippen LogP contribution < -0.4 is 4.72 Å². The first kappa shape index (κ1) is 11.5. The van der Waals surface area contributed by atoms with Crippen LogP contribution in [0, 0.1) is 0 Å². The molecule has 0 aliphatic heterocycles. The summed E-state index contributed by atoms with van der Waals surface area (Å²) in [7, 11) is 0. The Kier molecular flexibility index (Phi) is 4.54. The Morgan fingerprint density at radius 2 is 1.73 bits per heavy atom. The van der Waals surface area contributed by atoms with Gasteiger partial charge in [0, 0.05) is 15.4 Å². The Bertz CT molecular complexity index is 293. The van der Waals surface area contributed by atoms with Gasteiger partial charge in [-0.3, -0.25) is 4.72 Å². The van der Waals surface area contributed by atoms with Crippen LogP contribution in [0.25, 0.3) is 0 Å². The molecule has 0 radical (unpaired) electrons. The van der Waals surface area contributed by atoms with Crippen LogP contribution in [0.1, 0.15) is 32.1 Å². The van der Waals surface area contributed by atoms with E-state index in [0.717, 1.165) is 4.47 Å². The zero-order valence-corrected chi connectivity index (χ0v) is 11.1. The summed E-state index contributed by atoms with van der Waals surface area (Å²) >= 11 is 5.21. The molecule has 1 nitrogen and oxygen atoms in total. The number of hydrogen-bond donors (Lipinski definition) is 1. The van der Waals surface area contributed by atoms with Gasteiger partial charge in [0.15, 0.2) is 0 Å². The first-order valence-corrected chi connectivity index (χ1v) is 7.13. The second-order valence-electron chi connectivity index (χ2n) is 4.01. The molecule has 0 saturated heterocycles. The van der Waals surface area contributed by atoms with Gasteiger partial charge in [-0.25, -0.2) is 0 Å². The number of nitrogens with one attached hydrogen (secondary N) is 1. The fourth-order valence-corrected chi connectivity index (χ4v) is 2.95. The van der Waals surface area contributed by atoms with E-state index in [1.54, 1.807) is 11.9 Å². The van der Waals surface area contributed by atoms with Crippen LogP contribution >= 0.6 is 27.9 Å². The minimum absolute atomic E-state index is 0.715. The summed E-state index contributed by atoms with van der Waals surface area (Å²) in [4.78, 5) is 1.30. The molecule has 1 aromatic rings. The molecule has 1 aliphatic carbocycles. The van der Waals surface area contributed by atoms with Crippen molar-refractivity contribution < 1.29 is 0 Å². The van der Waals surface area contributed by atoms with E-state index < -0.39 is 0 Å². The summed E-state index contributed by atoms with van der Waals surface area (Å²) in [6.45, 7) is 0. The summed E-state index contributed by atoms with van der Waals surface area (Å²) in [5.74, 6) is 0. The molecule has 82 valence electrons. The number of benzene rings is 1. The van der Waals surface area contributed by atoms with Crippen LogP contribution in [0.2, 0.25) is 0 Å². The van der Waals surface area contributed by atoms with Gasteiger partial charge in [0.2, 0.25) is 0 Å². The zero-order chi connectivity index (χ0) is 10.5. The Morgan fingerprint density at radius 3 is 2.40 bits per heavy atom. The highest BCUT2D eigenvalue weighted by atomic mass is 79.9. The lowest BCUT2D eigenvalue weighted by molar-refractivity contribution is 0.423. The van der Waals surface area contributed by atoms with Crippen molar-refractivity contribution in [3.63, 3.8) is 0 Å². The lowest BCUT2D eigenvalue weighted by Gasteiger charge is -2.22. The van der Waals surface area contributed by atoms with Crippen molar-refractivity contribution in [3.05, 3.63) is 28.7 Å². The topological polar surface area (TPSA) is 12.0 Å². The lowest BCUT2D eigenvalue weighted by atomic mass is 9.96. The number of rotatable bonds is 3. The molecule has 0 heterocycles. The maximum Gasteiger partial charge on any atom is 0.0228 e. The van der Waals surface area contributed by atoms with Crippen molar-refractivity contribution in [1.82, 2.24) is 4.72 Å². The van der Waals surface area contributed by atoms with E-state index in [1.165, 1.54) is 37.0 Å². The fourth-order valence-electron chi connectivity index (χ4n) is 1.87. The van der Waals surface area contributed by atoms with Gasteiger partial charge in [-0.2, -0.15) is 0 Å². The van der Waals surface area contributed by atoms with E-state index in [1.807, 2.05) is 0 Å². The predicted octanol–water partition coefficient (Wildman–Crippen LogP) is 4.38. The average Bonchev–Trinajstić information content (AvgIpc) is 2.30. The van der Waals surface area contributed by atoms with Crippen LogP contribution in [-0.2, 0) is 0 Å². The summed E-state index contributed by atoms with van der Waals surface area (Å²) < 4.78 is 4.70. The minimum atomic E-state index is 0.715. The second-order valence-corrected chi connectivity index (χ2v) is 5.84. The standard InChI is InChI=1S/C12H16BrNS/c13-10-6-8-12(9-7-10)15-14-11-4-2-1-3-5-11/h6-9,11,14H,1-5H2. The Balaban J connectivity index is 1.79. The molecule has 1 aromatic carbocycles. The molecule has 15 heavy (non-hydrogen) atoms. The van der Waals surface area contributed by atoms with E-state index in [2.05, 4.69) is 44.9 Å². The highest BCUT2D eigenvalue weighted by molar-refractivity contribution is 9.10. The van der Waals surface area contributed by atoms with Crippen molar-refractivity contribution in [2.45, 2.75) is 43.0 Å². The first-order valence-electron chi connectivity index (χ1n) is 5.52. The van der Waals surface area contributed by atoms with Crippen LogP contribution in [0.5, 0.6) is 0 Å². The third-order valence-electron chi connectivity index (χ3n) is 2.76. The van der Waals surface area contributed by atoms with E-state index in [-0.39, 0.29) is 0 Å². The van der Waals surface area contributed by atoms with E-state index >= 15 is 0 Å². The monoisotopic (exact) mass is 285 g/mol. The predicted molar refractivity (Wildman–Crippen MR) is 70.0 cm³/mol. The van der Waals surface area contributed by atoms with Gasteiger partial charge in [-0.15, -0.1) is 0 Å². The molecule has 1 fully saturated rings. The van der Waals surface area contributed by atoms with Crippen molar-refractivity contribution in [1.29, 1.82) is 0 Å². The van der Waals surface area contributed by atoms with E-state index in [0.29, 0.717) is 6.04 Å². The van der Waals surface area contributed by atoms with Crippen molar-refractivity contribution >= 4 is 27.9 Å². The van der Waals surface area contributed by atoms with Gasteiger partial charge in [0.05, 0.1) is 0 Å². The third-order valence-corrected chi connectivity index (χ3v) is 4.25. The highest BCUT2D eigenvalue weighted by Gasteiger charge is 2.12. The van der Waals surface area contributed by atoms with Gasteiger partial charge in [0.1, 0.15) is 0 Å². The molecule has 1 aliphatic rings. The quantitative estimate of drug-likeness (QED) is 0.828. The molecular weight excluding hydrogens is 270 g/mol. The maximum atomic E-state index is 3.56. The van der Waals surface area contributed by atoms with Crippen molar-refractivity contribution in [2.24, 2.45) is 0 Å². The smallest absolute Gasteiger partial charge is 0.0228 e. The number of hydrogen-bond acceptors (Lipinski definition) is 2. The van der Waals surface area contributed by atoms with Gasteiger partial charge < -0.3 is 0 Å².